The van der Waals surface area contributed by atoms with Gasteiger partial charge in [-0.15, -0.1) is 0 Å². The van der Waals surface area contributed by atoms with Crippen LogP contribution < -0.4 is 14.8 Å². The standard InChI is InChI=1S/C14H22BrNO3/c1-4-16-6-8-19-7-5-12-13(15)9-11(17-2)10-14(12)18-3/h9-10,16H,4-8H2,1-3H3. The first-order valence-corrected chi connectivity index (χ1v) is 7.21. The van der Waals surface area contributed by atoms with Crippen molar-refractivity contribution < 1.29 is 14.2 Å². The summed E-state index contributed by atoms with van der Waals surface area (Å²) < 4.78 is 17.2. The van der Waals surface area contributed by atoms with E-state index in [0.29, 0.717) is 6.61 Å². The lowest BCUT2D eigenvalue weighted by molar-refractivity contribution is 0.138. The van der Waals surface area contributed by atoms with Gasteiger partial charge in [0.15, 0.2) is 0 Å². The molecule has 1 rings (SSSR count). The van der Waals surface area contributed by atoms with Crippen molar-refractivity contribution >= 4 is 15.9 Å². The Kier molecular flexibility index (Phi) is 7.86. The summed E-state index contributed by atoms with van der Waals surface area (Å²) in [6.07, 6.45) is 0.805. The maximum Gasteiger partial charge on any atom is 0.126 e. The predicted molar refractivity (Wildman–Crippen MR) is 80.3 cm³/mol. The molecule has 0 spiro atoms. The van der Waals surface area contributed by atoms with Crippen molar-refractivity contribution in [3.63, 3.8) is 0 Å². The first kappa shape index (κ1) is 16.3. The Bertz CT molecular complexity index is 385. The molecule has 0 saturated carbocycles. The topological polar surface area (TPSA) is 39.7 Å². The molecule has 0 aliphatic rings. The molecule has 0 fully saturated rings. The fourth-order valence-corrected chi connectivity index (χ4v) is 2.35. The zero-order valence-electron chi connectivity index (χ0n) is 11.8. The van der Waals surface area contributed by atoms with Gasteiger partial charge < -0.3 is 19.5 Å². The van der Waals surface area contributed by atoms with Gasteiger partial charge in [-0.2, -0.15) is 0 Å². The average Bonchev–Trinajstić information content (AvgIpc) is 2.43. The van der Waals surface area contributed by atoms with E-state index in [-0.39, 0.29) is 0 Å². The third-order valence-corrected chi connectivity index (χ3v) is 3.46. The van der Waals surface area contributed by atoms with Gasteiger partial charge in [-0.25, -0.2) is 0 Å². The summed E-state index contributed by atoms with van der Waals surface area (Å²) in [5.41, 5.74) is 1.10. The molecule has 0 bridgehead atoms. The molecule has 108 valence electrons. The number of methoxy groups -OCH3 is 2. The third-order valence-electron chi connectivity index (χ3n) is 2.75. The van der Waals surface area contributed by atoms with E-state index in [2.05, 4.69) is 28.2 Å². The molecule has 19 heavy (non-hydrogen) atoms. The highest BCUT2D eigenvalue weighted by Crippen LogP contribution is 2.32. The molecule has 0 saturated heterocycles. The molecule has 1 N–H and O–H groups in total. The van der Waals surface area contributed by atoms with E-state index in [1.54, 1.807) is 14.2 Å². The second kappa shape index (κ2) is 9.18. The van der Waals surface area contributed by atoms with E-state index in [0.717, 1.165) is 47.7 Å². The highest BCUT2D eigenvalue weighted by molar-refractivity contribution is 9.10. The molecular formula is C14H22BrNO3. The molecule has 5 heteroatoms. The summed E-state index contributed by atoms with van der Waals surface area (Å²) in [6.45, 7) is 5.34. The number of likely N-dealkylation sites (N-methyl/N-ethyl adjacent to an activating group) is 1. The summed E-state index contributed by atoms with van der Waals surface area (Å²) in [5.74, 6) is 1.60. The van der Waals surface area contributed by atoms with Crippen LogP contribution in [-0.4, -0.2) is 40.5 Å². The second-order valence-corrected chi connectivity index (χ2v) is 4.86. The Morgan fingerprint density at radius 2 is 1.95 bits per heavy atom. The Labute approximate surface area is 123 Å². The van der Waals surface area contributed by atoms with Crippen LogP contribution in [0.15, 0.2) is 16.6 Å². The van der Waals surface area contributed by atoms with Crippen molar-refractivity contribution in [1.82, 2.24) is 5.32 Å². The van der Waals surface area contributed by atoms with Gasteiger partial charge in [-0.3, -0.25) is 0 Å². The summed E-state index contributed by atoms with van der Waals surface area (Å²) in [6, 6.07) is 3.83. The van der Waals surface area contributed by atoms with Crippen LogP contribution in [0.4, 0.5) is 0 Å². The van der Waals surface area contributed by atoms with Crippen LogP contribution >= 0.6 is 15.9 Å². The lowest BCUT2D eigenvalue weighted by atomic mass is 10.1. The van der Waals surface area contributed by atoms with Crippen molar-refractivity contribution in [2.24, 2.45) is 0 Å². The van der Waals surface area contributed by atoms with Gasteiger partial charge in [0, 0.05) is 29.1 Å². The minimum atomic E-state index is 0.673. The van der Waals surface area contributed by atoms with Crippen LogP contribution in [0.2, 0.25) is 0 Å². The smallest absolute Gasteiger partial charge is 0.126 e. The molecule has 0 amide bonds. The van der Waals surface area contributed by atoms with E-state index in [1.807, 2.05) is 12.1 Å². The van der Waals surface area contributed by atoms with Gasteiger partial charge in [0.1, 0.15) is 11.5 Å². The lowest BCUT2D eigenvalue weighted by Gasteiger charge is -2.13. The SMILES string of the molecule is CCNCCOCCc1c(Br)cc(OC)cc1OC. The van der Waals surface area contributed by atoms with Gasteiger partial charge in [-0.05, 0) is 12.6 Å². The molecule has 0 heterocycles. The summed E-state index contributed by atoms with van der Waals surface area (Å²) in [4.78, 5) is 0. The molecular weight excluding hydrogens is 310 g/mol. The number of hydrogen-bond donors (Lipinski definition) is 1. The average molecular weight is 332 g/mol. The zero-order chi connectivity index (χ0) is 14.1. The fraction of sp³-hybridized carbons (Fsp3) is 0.571. The predicted octanol–water partition coefficient (Wildman–Crippen LogP) is 2.63. The Balaban J connectivity index is 2.52. The van der Waals surface area contributed by atoms with Gasteiger partial charge in [-0.1, -0.05) is 22.9 Å². The monoisotopic (exact) mass is 331 g/mol. The number of ether oxygens (including phenoxy) is 3. The van der Waals surface area contributed by atoms with Gasteiger partial charge in [0.2, 0.25) is 0 Å². The maximum absolute atomic E-state index is 5.58. The molecule has 4 nitrogen and oxygen atoms in total. The Morgan fingerprint density at radius 3 is 2.58 bits per heavy atom. The minimum absolute atomic E-state index is 0.673. The van der Waals surface area contributed by atoms with Crippen LogP contribution in [-0.2, 0) is 11.2 Å². The molecule has 0 aliphatic carbocycles. The first-order chi connectivity index (χ1) is 9.22. The van der Waals surface area contributed by atoms with Crippen molar-refractivity contribution in [1.29, 1.82) is 0 Å². The molecule has 1 aromatic carbocycles. The first-order valence-electron chi connectivity index (χ1n) is 6.41. The molecule has 1 aromatic rings. The lowest BCUT2D eigenvalue weighted by Crippen LogP contribution is -2.19. The highest BCUT2D eigenvalue weighted by atomic mass is 79.9. The van der Waals surface area contributed by atoms with Crippen LogP contribution in [0.3, 0.4) is 0 Å². The fourth-order valence-electron chi connectivity index (χ4n) is 1.73. The summed E-state index contributed by atoms with van der Waals surface area (Å²) in [7, 11) is 3.31. The Morgan fingerprint density at radius 1 is 1.16 bits per heavy atom. The number of nitrogens with one attached hydrogen (secondary N) is 1. The van der Waals surface area contributed by atoms with Crippen LogP contribution in [0, 0.1) is 0 Å². The van der Waals surface area contributed by atoms with E-state index >= 15 is 0 Å². The van der Waals surface area contributed by atoms with Crippen molar-refractivity contribution in [2.45, 2.75) is 13.3 Å². The van der Waals surface area contributed by atoms with Crippen molar-refractivity contribution in [2.75, 3.05) is 40.5 Å². The molecule has 0 aliphatic heterocycles. The second-order valence-electron chi connectivity index (χ2n) is 4.01. The maximum atomic E-state index is 5.58. The highest BCUT2D eigenvalue weighted by Gasteiger charge is 2.10. The molecule has 0 unspecified atom stereocenters. The van der Waals surface area contributed by atoms with Crippen LogP contribution in [0.1, 0.15) is 12.5 Å². The van der Waals surface area contributed by atoms with E-state index in [9.17, 15) is 0 Å². The quantitative estimate of drug-likeness (QED) is 0.706. The van der Waals surface area contributed by atoms with Gasteiger partial charge in [0.25, 0.3) is 0 Å². The molecule has 0 atom stereocenters. The van der Waals surface area contributed by atoms with Gasteiger partial charge in [0.05, 0.1) is 27.4 Å². The zero-order valence-corrected chi connectivity index (χ0v) is 13.4. The van der Waals surface area contributed by atoms with E-state index < -0.39 is 0 Å². The largest absolute Gasteiger partial charge is 0.497 e. The number of benzene rings is 1. The summed E-state index contributed by atoms with van der Waals surface area (Å²) in [5, 5.41) is 3.22. The van der Waals surface area contributed by atoms with E-state index in [4.69, 9.17) is 14.2 Å². The van der Waals surface area contributed by atoms with Crippen LogP contribution in [0.25, 0.3) is 0 Å². The van der Waals surface area contributed by atoms with Crippen molar-refractivity contribution in [3.05, 3.63) is 22.2 Å². The van der Waals surface area contributed by atoms with Gasteiger partial charge >= 0.3 is 0 Å². The number of hydrogen-bond acceptors (Lipinski definition) is 4. The molecule has 0 radical (unpaired) electrons. The third kappa shape index (κ3) is 5.38. The Hall–Kier alpha value is -0.780. The van der Waals surface area contributed by atoms with Crippen LogP contribution in [0.5, 0.6) is 11.5 Å². The number of rotatable bonds is 9. The molecule has 0 aromatic heterocycles. The van der Waals surface area contributed by atoms with E-state index in [1.165, 1.54) is 0 Å². The summed E-state index contributed by atoms with van der Waals surface area (Å²) >= 11 is 3.55. The normalized spacial score (nSPS) is 10.5. The number of halogens is 1. The van der Waals surface area contributed by atoms with Crippen molar-refractivity contribution in [3.8, 4) is 11.5 Å². The minimum Gasteiger partial charge on any atom is -0.497 e.